The first-order valence-corrected chi connectivity index (χ1v) is 9.10. The zero-order chi connectivity index (χ0) is 15.5. The number of ether oxygens (including phenoxy) is 1. The van der Waals surface area contributed by atoms with Gasteiger partial charge in [0.1, 0.15) is 5.75 Å². The van der Waals surface area contributed by atoms with E-state index in [1.54, 1.807) is 0 Å². The quantitative estimate of drug-likeness (QED) is 0.641. The summed E-state index contributed by atoms with van der Waals surface area (Å²) in [5.41, 5.74) is 3.54. The van der Waals surface area contributed by atoms with Crippen LogP contribution in [0.25, 0.3) is 0 Å². The van der Waals surface area contributed by atoms with E-state index >= 15 is 0 Å². The lowest BCUT2D eigenvalue weighted by atomic mass is 10.00. The van der Waals surface area contributed by atoms with Crippen molar-refractivity contribution in [3.05, 3.63) is 29.8 Å². The van der Waals surface area contributed by atoms with Gasteiger partial charge in [0.15, 0.2) is 9.84 Å². The summed E-state index contributed by atoms with van der Waals surface area (Å²) in [7, 11) is -3.10. The van der Waals surface area contributed by atoms with Gasteiger partial charge in [0.05, 0.1) is 23.1 Å². The van der Waals surface area contributed by atoms with Crippen LogP contribution in [-0.4, -0.2) is 25.5 Å². The Morgan fingerprint density at radius 3 is 2.71 bits per heavy atom. The van der Waals surface area contributed by atoms with Crippen LogP contribution < -0.4 is 16.0 Å². The maximum absolute atomic E-state index is 12.3. The molecule has 0 aromatic heterocycles. The van der Waals surface area contributed by atoms with Crippen molar-refractivity contribution < 1.29 is 13.2 Å². The SMILES string of the molecule is CC(C)Oc1cccc(C(NN)C2CCCCS2(=O)=O)c1. The molecule has 0 amide bonds. The van der Waals surface area contributed by atoms with Crippen LogP contribution in [0, 0.1) is 0 Å². The maximum atomic E-state index is 12.3. The Morgan fingerprint density at radius 1 is 1.33 bits per heavy atom. The number of hydrogen-bond donors (Lipinski definition) is 2. The van der Waals surface area contributed by atoms with Gasteiger partial charge in [-0.25, -0.2) is 8.42 Å². The molecular weight excluding hydrogens is 288 g/mol. The van der Waals surface area contributed by atoms with Gasteiger partial charge >= 0.3 is 0 Å². The van der Waals surface area contributed by atoms with E-state index in [-0.39, 0.29) is 11.9 Å². The van der Waals surface area contributed by atoms with Gasteiger partial charge in [0, 0.05) is 0 Å². The van der Waals surface area contributed by atoms with Gasteiger partial charge < -0.3 is 4.74 Å². The van der Waals surface area contributed by atoms with E-state index in [0.717, 1.165) is 24.2 Å². The summed E-state index contributed by atoms with van der Waals surface area (Å²) in [6.45, 7) is 3.91. The molecule has 5 nitrogen and oxygen atoms in total. The Bertz CT molecular complexity index is 572. The Morgan fingerprint density at radius 2 is 2.10 bits per heavy atom. The molecule has 2 atom stereocenters. The number of nitrogens with one attached hydrogen (secondary N) is 1. The van der Waals surface area contributed by atoms with E-state index in [1.807, 2.05) is 38.1 Å². The molecule has 118 valence electrons. The average molecular weight is 312 g/mol. The highest BCUT2D eigenvalue weighted by molar-refractivity contribution is 7.92. The summed E-state index contributed by atoms with van der Waals surface area (Å²) >= 11 is 0. The molecule has 0 radical (unpaired) electrons. The van der Waals surface area contributed by atoms with Crippen molar-refractivity contribution >= 4 is 9.84 Å². The number of rotatable bonds is 5. The van der Waals surface area contributed by atoms with Gasteiger partial charge in [-0.1, -0.05) is 18.6 Å². The number of sulfone groups is 1. The van der Waals surface area contributed by atoms with E-state index in [0.29, 0.717) is 6.42 Å². The molecule has 1 saturated heterocycles. The number of benzene rings is 1. The van der Waals surface area contributed by atoms with Gasteiger partial charge in [-0.3, -0.25) is 11.3 Å². The second-order valence-electron chi connectivity index (χ2n) is 5.78. The summed E-state index contributed by atoms with van der Waals surface area (Å²) in [5, 5.41) is -0.467. The van der Waals surface area contributed by atoms with E-state index in [1.165, 1.54) is 0 Å². The summed E-state index contributed by atoms with van der Waals surface area (Å²) in [5.74, 6) is 6.63. The molecule has 2 unspecified atom stereocenters. The number of hydrazine groups is 1. The maximum Gasteiger partial charge on any atom is 0.155 e. The van der Waals surface area contributed by atoms with Gasteiger partial charge in [-0.15, -0.1) is 0 Å². The minimum absolute atomic E-state index is 0.0722. The van der Waals surface area contributed by atoms with Crippen LogP contribution in [0.5, 0.6) is 5.75 Å². The van der Waals surface area contributed by atoms with E-state index in [9.17, 15) is 8.42 Å². The fraction of sp³-hybridized carbons (Fsp3) is 0.600. The molecule has 1 heterocycles. The van der Waals surface area contributed by atoms with E-state index in [4.69, 9.17) is 10.6 Å². The smallest absolute Gasteiger partial charge is 0.155 e. The second kappa shape index (κ2) is 6.77. The van der Waals surface area contributed by atoms with Crippen LogP contribution in [0.2, 0.25) is 0 Å². The van der Waals surface area contributed by atoms with Crippen LogP contribution in [0.1, 0.15) is 44.7 Å². The van der Waals surface area contributed by atoms with Crippen molar-refractivity contribution in [1.82, 2.24) is 5.43 Å². The lowest BCUT2D eigenvalue weighted by molar-refractivity contribution is 0.242. The highest BCUT2D eigenvalue weighted by atomic mass is 32.2. The zero-order valence-electron chi connectivity index (χ0n) is 12.6. The van der Waals surface area contributed by atoms with Gasteiger partial charge in [-0.2, -0.15) is 0 Å². The molecular formula is C15H24N2O3S. The third-order valence-corrected chi connectivity index (χ3v) is 6.06. The predicted molar refractivity (Wildman–Crippen MR) is 83.7 cm³/mol. The largest absolute Gasteiger partial charge is 0.491 e. The van der Waals surface area contributed by atoms with Crippen molar-refractivity contribution in [3.8, 4) is 5.75 Å². The van der Waals surface area contributed by atoms with Crippen LogP contribution >= 0.6 is 0 Å². The summed E-state index contributed by atoms with van der Waals surface area (Å²) in [4.78, 5) is 0. The van der Waals surface area contributed by atoms with Gasteiger partial charge in [0.25, 0.3) is 0 Å². The first-order chi connectivity index (χ1) is 9.94. The molecule has 1 fully saturated rings. The minimum Gasteiger partial charge on any atom is -0.491 e. The van der Waals surface area contributed by atoms with Crippen LogP contribution in [0.3, 0.4) is 0 Å². The fourth-order valence-electron chi connectivity index (χ4n) is 2.83. The van der Waals surface area contributed by atoms with E-state index < -0.39 is 21.1 Å². The predicted octanol–water partition coefficient (Wildman–Crippen LogP) is 1.95. The highest BCUT2D eigenvalue weighted by Crippen LogP contribution is 2.31. The molecule has 2 rings (SSSR count). The molecule has 1 aliphatic rings. The Balaban J connectivity index is 2.28. The Kier molecular flexibility index (Phi) is 5.24. The molecule has 1 aromatic rings. The van der Waals surface area contributed by atoms with Gasteiger partial charge in [-0.05, 0) is 44.4 Å². The van der Waals surface area contributed by atoms with Crippen molar-refractivity contribution in [1.29, 1.82) is 0 Å². The molecule has 0 bridgehead atoms. The standard InChI is InChI=1S/C15H24N2O3S/c1-11(2)20-13-7-5-6-12(10-13)15(17-16)14-8-3-4-9-21(14,18)19/h5-7,10-11,14-15,17H,3-4,8-9,16H2,1-2H3. The molecule has 1 aliphatic heterocycles. The van der Waals surface area contributed by atoms with Crippen molar-refractivity contribution in [2.75, 3.05) is 5.75 Å². The lowest BCUT2D eigenvalue weighted by Gasteiger charge is -2.30. The van der Waals surface area contributed by atoms with Crippen molar-refractivity contribution in [2.45, 2.75) is 50.5 Å². The molecule has 21 heavy (non-hydrogen) atoms. The van der Waals surface area contributed by atoms with Crippen LogP contribution in [0.15, 0.2) is 24.3 Å². The van der Waals surface area contributed by atoms with Crippen LogP contribution in [0.4, 0.5) is 0 Å². The highest BCUT2D eigenvalue weighted by Gasteiger charge is 2.36. The zero-order valence-corrected chi connectivity index (χ0v) is 13.4. The molecule has 3 N–H and O–H groups in total. The summed E-state index contributed by atoms with van der Waals surface area (Å²) in [6, 6.07) is 7.10. The third kappa shape index (κ3) is 3.96. The lowest BCUT2D eigenvalue weighted by Crippen LogP contribution is -2.43. The summed E-state index contributed by atoms with van der Waals surface area (Å²) < 4.78 is 30.3. The Hall–Kier alpha value is -1.11. The van der Waals surface area contributed by atoms with E-state index in [2.05, 4.69) is 5.43 Å². The van der Waals surface area contributed by atoms with Crippen molar-refractivity contribution in [3.63, 3.8) is 0 Å². The minimum atomic E-state index is -3.10. The Labute approximate surface area is 126 Å². The average Bonchev–Trinajstić information content (AvgIpc) is 2.41. The number of hydrogen-bond acceptors (Lipinski definition) is 5. The first-order valence-electron chi connectivity index (χ1n) is 7.38. The molecule has 0 saturated carbocycles. The molecule has 0 aliphatic carbocycles. The van der Waals surface area contributed by atoms with Crippen LogP contribution in [-0.2, 0) is 9.84 Å². The van der Waals surface area contributed by atoms with Gasteiger partial charge in [0.2, 0.25) is 0 Å². The fourth-order valence-corrected chi connectivity index (χ4v) is 4.91. The third-order valence-electron chi connectivity index (χ3n) is 3.77. The summed E-state index contributed by atoms with van der Waals surface area (Å²) in [6.07, 6.45) is 2.38. The van der Waals surface area contributed by atoms with Crippen molar-refractivity contribution in [2.24, 2.45) is 5.84 Å². The molecule has 0 spiro atoms. The topological polar surface area (TPSA) is 81.4 Å². The number of nitrogens with two attached hydrogens (primary N) is 1. The first kappa shape index (κ1) is 16.3. The second-order valence-corrected chi connectivity index (χ2v) is 8.12. The normalized spacial score (nSPS) is 23.0. The molecule has 6 heteroatoms. The molecule has 1 aromatic carbocycles. The monoisotopic (exact) mass is 312 g/mol.